The normalized spacial score (nSPS) is 18.9. The zero-order valence-corrected chi connectivity index (χ0v) is 18.1. The van der Waals surface area contributed by atoms with E-state index in [0.29, 0.717) is 12.6 Å². The van der Waals surface area contributed by atoms with Crippen molar-refractivity contribution in [2.24, 2.45) is 0 Å². The van der Waals surface area contributed by atoms with Crippen LogP contribution in [-0.4, -0.2) is 43.2 Å². The largest absolute Gasteiger partial charge is 0.340 e. The third kappa shape index (κ3) is 3.49. The van der Waals surface area contributed by atoms with Gasteiger partial charge in [-0.1, -0.05) is 48.5 Å². The second kappa shape index (κ2) is 7.93. The fourth-order valence-electron chi connectivity index (χ4n) is 5.06. The molecule has 1 saturated heterocycles. The number of rotatable bonds is 5. The Morgan fingerprint density at radius 2 is 1.81 bits per heavy atom. The zero-order valence-electron chi connectivity index (χ0n) is 18.1. The van der Waals surface area contributed by atoms with E-state index in [1.165, 1.54) is 12.8 Å². The minimum Gasteiger partial charge on any atom is -0.340 e. The lowest BCUT2D eigenvalue weighted by molar-refractivity contribution is -0.133. The molecule has 2 aromatic heterocycles. The van der Waals surface area contributed by atoms with Gasteiger partial charge in [-0.2, -0.15) is 0 Å². The molecule has 1 aliphatic carbocycles. The van der Waals surface area contributed by atoms with Crippen LogP contribution in [0.5, 0.6) is 0 Å². The zero-order chi connectivity index (χ0) is 21.5. The van der Waals surface area contributed by atoms with E-state index >= 15 is 0 Å². The molecule has 1 amide bonds. The maximum Gasteiger partial charge on any atom is 0.242 e. The third-order valence-corrected chi connectivity index (χ3v) is 6.85. The first-order valence-corrected chi connectivity index (χ1v) is 11.6. The molecule has 0 N–H and O–H groups in total. The Kier molecular flexibility index (Phi) is 4.78. The average molecular weight is 426 g/mol. The quantitative estimate of drug-likeness (QED) is 0.468. The fraction of sp³-hybridized carbons (Fsp3) is 0.346. The van der Waals surface area contributed by atoms with Gasteiger partial charge in [0.2, 0.25) is 5.91 Å². The molecule has 6 nitrogen and oxygen atoms in total. The van der Waals surface area contributed by atoms with Crippen molar-refractivity contribution in [1.82, 2.24) is 24.2 Å². The van der Waals surface area contributed by atoms with Crippen molar-refractivity contribution in [3.8, 4) is 11.3 Å². The molecule has 1 atom stereocenters. The number of carbonyl (C=O) groups is 1. The maximum absolute atomic E-state index is 13.5. The van der Waals surface area contributed by atoms with Crippen LogP contribution in [-0.2, 0) is 11.3 Å². The fourth-order valence-corrected chi connectivity index (χ4v) is 5.06. The number of nitrogens with zero attached hydrogens (tertiary/aromatic N) is 5. The van der Waals surface area contributed by atoms with Gasteiger partial charge in [-0.15, -0.1) is 10.2 Å². The van der Waals surface area contributed by atoms with Crippen molar-refractivity contribution < 1.29 is 4.79 Å². The monoisotopic (exact) mass is 425 g/mol. The van der Waals surface area contributed by atoms with Crippen molar-refractivity contribution in [1.29, 1.82) is 0 Å². The van der Waals surface area contributed by atoms with E-state index in [2.05, 4.69) is 55.7 Å². The number of amides is 1. The summed E-state index contributed by atoms with van der Waals surface area (Å²) < 4.78 is 4.41. The van der Waals surface area contributed by atoms with Crippen molar-refractivity contribution in [2.75, 3.05) is 13.1 Å². The molecule has 2 aromatic carbocycles. The van der Waals surface area contributed by atoms with Gasteiger partial charge in [-0.3, -0.25) is 4.79 Å². The number of hydrogen-bond donors (Lipinski definition) is 0. The summed E-state index contributed by atoms with van der Waals surface area (Å²) in [6.07, 6.45) is 6.36. The topological polar surface area (TPSA) is 56.0 Å². The molecule has 0 radical (unpaired) electrons. The SMILES string of the molecule is O=C(Cn1c(-c2ccccc2)cc2ccccc21)N1CCCC(c2nncn2C2CC2)C1. The van der Waals surface area contributed by atoms with Gasteiger partial charge in [0, 0.05) is 41.6 Å². The predicted molar refractivity (Wildman–Crippen MR) is 124 cm³/mol. The molecule has 1 saturated carbocycles. The second-order valence-corrected chi connectivity index (χ2v) is 9.05. The van der Waals surface area contributed by atoms with E-state index in [0.717, 1.165) is 53.9 Å². The molecule has 4 aromatic rings. The molecule has 6 heteroatoms. The van der Waals surface area contributed by atoms with Gasteiger partial charge < -0.3 is 14.0 Å². The highest BCUT2D eigenvalue weighted by atomic mass is 16.2. The molecule has 3 heterocycles. The van der Waals surface area contributed by atoms with Crippen LogP contribution in [0.1, 0.15) is 43.5 Å². The van der Waals surface area contributed by atoms with Crippen molar-refractivity contribution in [3.63, 3.8) is 0 Å². The highest BCUT2D eigenvalue weighted by Gasteiger charge is 2.32. The van der Waals surface area contributed by atoms with Crippen LogP contribution in [0.2, 0.25) is 0 Å². The smallest absolute Gasteiger partial charge is 0.242 e. The van der Waals surface area contributed by atoms with Gasteiger partial charge in [-0.25, -0.2) is 0 Å². The highest BCUT2D eigenvalue weighted by molar-refractivity contribution is 5.89. The van der Waals surface area contributed by atoms with Crippen LogP contribution < -0.4 is 0 Å². The van der Waals surface area contributed by atoms with Gasteiger partial charge in [0.15, 0.2) is 0 Å². The average Bonchev–Trinajstić information content (AvgIpc) is 3.46. The van der Waals surface area contributed by atoms with Gasteiger partial charge in [0.1, 0.15) is 18.7 Å². The van der Waals surface area contributed by atoms with Crippen molar-refractivity contribution in [3.05, 3.63) is 72.8 Å². The Labute approximate surface area is 187 Å². The highest BCUT2D eigenvalue weighted by Crippen LogP contribution is 2.38. The number of likely N-dealkylation sites (tertiary alicyclic amines) is 1. The van der Waals surface area contributed by atoms with Crippen LogP contribution >= 0.6 is 0 Å². The summed E-state index contributed by atoms with van der Waals surface area (Å²) in [4.78, 5) is 15.5. The number of benzene rings is 2. The molecule has 32 heavy (non-hydrogen) atoms. The first kappa shape index (κ1) is 19.3. The summed E-state index contributed by atoms with van der Waals surface area (Å²) >= 11 is 0. The third-order valence-electron chi connectivity index (χ3n) is 6.85. The van der Waals surface area contributed by atoms with Gasteiger partial charge in [0.25, 0.3) is 0 Å². The maximum atomic E-state index is 13.5. The van der Waals surface area contributed by atoms with Crippen LogP contribution in [0.4, 0.5) is 0 Å². The summed E-state index contributed by atoms with van der Waals surface area (Å²) in [7, 11) is 0. The van der Waals surface area contributed by atoms with E-state index in [9.17, 15) is 4.79 Å². The molecule has 2 fully saturated rings. The summed E-state index contributed by atoms with van der Waals surface area (Å²) in [6, 6.07) is 21.4. The van der Waals surface area contributed by atoms with Gasteiger partial charge >= 0.3 is 0 Å². The Bertz CT molecular complexity index is 1250. The van der Waals surface area contributed by atoms with Crippen molar-refractivity contribution >= 4 is 16.8 Å². The van der Waals surface area contributed by atoms with Gasteiger partial charge in [-0.05, 0) is 43.4 Å². The molecule has 2 aliphatic rings. The molecule has 1 unspecified atom stereocenters. The number of carbonyl (C=O) groups excluding carboxylic acids is 1. The lowest BCUT2D eigenvalue weighted by Crippen LogP contribution is -2.41. The molecule has 6 rings (SSSR count). The Morgan fingerprint density at radius 1 is 1.00 bits per heavy atom. The van der Waals surface area contributed by atoms with Gasteiger partial charge in [0.05, 0.1) is 0 Å². The Hall–Kier alpha value is -3.41. The molecule has 162 valence electrons. The van der Waals surface area contributed by atoms with E-state index < -0.39 is 0 Å². The van der Waals surface area contributed by atoms with E-state index in [-0.39, 0.29) is 11.8 Å². The lowest BCUT2D eigenvalue weighted by Gasteiger charge is -2.33. The lowest BCUT2D eigenvalue weighted by atomic mass is 9.97. The summed E-state index contributed by atoms with van der Waals surface area (Å²) in [5.41, 5.74) is 3.31. The molecule has 0 bridgehead atoms. The second-order valence-electron chi connectivity index (χ2n) is 9.05. The standard InChI is InChI=1S/C26H27N5O/c32-25(29-14-6-10-21(16-29)26-28-27-18-31(26)22-12-13-22)17-30-23-11-5-4-9-20(23)15-24(30)19-7-2-1-3-8-19/h1-5,7-9,11,15,18,21-22H,6,10,12-14,16-17H2. The Morgan fingerprint density at radius 3 is 2.66 bits per heavy atom. The number of aromatic nitrogens is 4. The number of hydrogen-bond acceptors (Lipinski definition) is 3. The predicted octanol–water partition coefficient (Wildman–Crippen LogP) is 4.64. The minimum absolute atomic E-state index is 0.172. The van der Waals surface area contributed by atoms with Crippen LogP contribution in [0, 0.1) is 0 Å². The first-order chi connectivity index (χ1) is 15.8. The summed E-state index contributed by atoms with van der Waals surface area (Å²) in [5, 5.41) is 9.77. The minimum atomic E-state index is 0.172. The van der Waals surface area contributed by atoms with E-state index in [1.54, 1.807) is 0 Å². The molecular formula is C26H27N5O. The number of piperidine rings is 1. The first-order valence-electron chi connectivity index (χ1n) is 11.6. The van der Waals surface area contributed by atoms with Crippen LogP contribution in [0.25, 0.3) is 22.2 Å². The summed E-state index contributed by atoms with van der Waals surface area (Å²) in [6.45, 7) is 1.89. The molecule has 1 aliphatic heterocycles. The summed E-state index contributed by atoms with van der Waals surface area (Å²) in [5.74, 6) is 1.50. The van der Waals surface area contributed by atoms with Crippen molar-refractivity contribution in [2.45, 2.75) is 44.2 Å². The molecular weight excluding hydrogens is 398 g/mol. The number of para-hydroxylation sites is 1. The Balaban J connectivity index is 1.27. The van der Waals surface area contributed by atoms with E-state index in [4.69, 9.17) is 0 Å². The van der Waals surface area contributed by atoms with Crippen LogP contribution in [0.3, 0.4) is 0 Å². The van der Waals surface area contributed by atoms with Crippen LogP contribution in [0.15, 0.2) is 67.0 Å². The van der Waals surface area contributed by atoms with E-state index in [1.807, 2.05) is 35.5 Å². The number of fused-ring (bicyclic) bond motifs is 1. The molecule has 0 spiro atoms.